The fourth-order valence-electron chi connectivity index (χ4n) is 2.22. The molecular formula is C13H14FNO4. The molecule has 0 unspecified atom stereocenters. The molecule has 0 bridgehead atoms. The Hall–Kier alpha value is -2.11. The van der Waals surface area contributed by atoms with E-state index in [9.17, 15) is 14.0 Å². The summed E-state index contributed by atoms with van der Waals surface area (Å²) in [5.74, 6) is -2.05. The molecule has 1 N–H and O–H groups in total. The summed E-state index contributed by atoms with van der Waals surface area (Å²) in [6.07, 6.45) is 1.01. The molecule has 1 aliphatic rings. The molecular weight excluding hydrogens is 253 g/mol. The topological polar surface area (TPSA) is 66.8 Å². The van der Waals surface area contributed by atoms with Gasteiger partial charge in [0, 0.05) is 12.6 Å². The normalized spacial score (nSPS) is 18.4. The van der Waals surface area contributed by atoms with E-state index in [4.69, 9.17) is 9.84 Å². The molecule has 19 heavy (non-hydrogen) atoms. The van der Waals surface area contributed by atoms with Crippen molar-refractivity contribution in [3.05, 3.63) is 29.6 Å². The predicted octanol–water partition coefficient (Wildman–Crippen LogP) is 1.52. The molecule has 102 valence electrons. The number of benzene rings is 1. The summed E-state index contributed by atoms with van der Waals surface area (Å²) >= 11 is 0. The van der Waals surface area contributed by atoms with Gasteiger partial charge in [0.1, 0.15) is 17.6 Å². The van der Waals surface area contributed by atoms with E-state index < -0.39 is 23.7 Å². The first-order chi connectivity index (χ1) is 9.04. The second-order valence-electron chi connectivity index (χ2n) is 4.34. The van der Waals surface area contributed by atoms with Crippen LogP contribution in [-0.4, -0.2) is 41.6 Å². The van der Waals surface area contributed by atoms with Crippen LogP contribution in [0.4, 0.5) is 4.39 Å². The molecule has 6 heteroatoms. The number of hydrogen-bond donors (Lipinski definition) is 1. The highest BCUT2D eigenvalue weighted by Gasteiger charge is 2.35. The minimum Gasteiger partial charge on any atom is -0.497 e. The van der Waals surface area contributed by atoms with Gasteiger partial charge in [-0.3, -0.25) is 4.79 Å². The SMILES string of the molecule is COc1ccc(C(=O)N2CCC[C@@H]2C(=O)O)c(F)c1. The van der Waals surface area contributed by atoms with Crippen molar-refractivity contribution in [2.24, 2.45) is 0 Å². The van der Waals surface area contributed by atoms with E-state index in [1.54, 1.807) is 0 Å². The van der Waals surface area contributed by atoms with E-state index in [0.717, 1.165) is 6.07 Å². The molecule has 0 radical (unpaired) electrons. The van der Waals surface area contributed by atoms with Crippen molar-refractivity contribution in [2.75, 3.05) is 13.7 Å². The quantitative estimate of drug-likeness (QED) is 0.901. The first-order valence-corrected chi connectivity index (χ1v) is 5.92. The lowest BCUT2D eigenvalue weighted by Crippen LogP contribution is -2.40. The molecule has 1 aromatic carbocycles. The van der Waals surface area contributed by atoms with Gasteiger partial charge in [-0.05, 0) is 25.0 Å². The number of amides is 1. The first-order valence-electron chi connectivity index (χ1n) is 5.92. The summed E-state index contributed by atoms with van der Waals surface area (Å²) in [6.45, 7) is 0.335. The number of likely N-dealkylation sites (tertiary alicyclic amines) is 1. The Morgan fingerprint density at radius 2 is 2.21 bits per heavy atom. The fourth-order valence-corrected chi connectivity index (χ4v) is 2.22. The Labute approximate surface area is 109 Å². The van der Waals surface area contributed by atoms with Crippen molar-refractivity contribution in [3.8, 4) is 5.75 Å². The number of rotatable bonds is 3. The summed E-state index contributed by atoms with van der Waals surface area (Å²) in [5, 5.41) is 9.02. The van der Waals surface area contributed by atoms with Crippen LogP contribution in [-0.2, 0) is 4.79 Å². The van der Waals surface area contributed by atoms with Gasteiger partial charge in [0.25, 0.3) is 5.91 Å². The number of ether oxygens (including phenoxy) is 1. The molecule has 1 aliphatic heterocycles. The highest BCUT2D eigenvalue weighted by atomic mass is 19.1. The number of carboxylic acid groups (broad SMARTS) is 1. The smallest absolute Gasteiger partial charge is 0.326 e. The van der Waals surface area contributed by atoms with E-state index in [-0.39, 0.29) is 5.56 Å². The molecule has 0 spiro atoms. The van der Waals surface area contributed by atoms with Crippen LogP contribution < -0.4 is 4.74 Å². The number of nitrogens with zero attached hydrogens (tertiary/aromatic N) is 1. The van der Waals surface area contributed by atoms with Gasteiger partial charge in [-0.15, -0.1) is 0 Å². The molecule has 5 nitrogen and oxygen atoms in total. The van der Waals surface area contributed by atoms with Crippen LogP contribution in [0.2, 0.25) is 0 Å². The molecule has 0 aliphatic carbocycles. The zero-order valence-electron chi connectivity index (χ0n) is 10.4. The maximum Gasteiger partial charge on any atom is 0.326 e. The zero-order chi connectivity index (χ0) is 14.0. The van der Waals surface area contributed by atoms with Crippen LogP contribution in [0.3, 0.4) is 0 Å². The van der Waals surface area contributed by atoms with Gasteiger partial charge in [0.05, 0.1) is 12.7 Å². The van der Waals surface area contributed by atoms with Gasteiger partial charge in [-0.2, -0.15) is 0 Å². The van der Waals surface area contributed by atoms with Crippen LogP contribution >= 0.6 is 0 Å². The van der Waals surface area contributed by atoms with Crippen LogP contribution in [0, 0.1) is 5.82 Å². The zero-order valence-corrected chi connectivity index (χ0v) is 10.4. The molecule has 1 heterocycles. The van der Waals surface area contributed by atoms with E-state index in [1.165, 1.54) is 24.1 Å². The van der Waals surface area contributed by atoms with Gasteiger partial charge in [0.15, 0.2) is 0 Å². The van der Waals surface area contributed by atoms with Gasteiger partial charge in [0.2, 0.25) is 0 Å². The van der Waals surface area contributed by atoms with Crippen molar-refractivity contribution in [2.45, 2.75) is 18.9 Å². The molecule has 1 atom stereocenters. The summed E-state index contributed by atoms with van der Waals surface area (Å²) in [5.41, 5.74) is -0.131. The summed E-state index contributed by atoms with van der Waals surface area (Å²) in [4.78, 5) is 24.4. The van der Waals surface area contributed by atoms with Gasteiger partial charge in [-0.1, -0.05) is 0 Å². The minimum absolute atomic E-state index is 0.131. The third-order valence-electron chi connectivity index (χ3n) is 3.21. The van der Waals surface area contributed by atoms with Crippen molar-refractivity contribution >= 4 is 11.9 Å². The highest BCUT2D eigenvalue weighted by Crippen LogP contribution is 2.23. The van der Waals surface area contributed by atoms with Crippen LogP contribution in [0.5, 0.6) is 5.75 Å². The lowest BCUT2D eigenvalue weighted by atomic mass is 10.1. The Kier molecular flexibility index (Phi) is 3.69. The third kappa shape index (κ3) is 2.52. The summed E-state index contributed by atoms with van der Waals surface area (Å²) < 4.78 is 18.6. The number of halogens is 1. The van der Waals surface area contributed by atoms with Crippen LogP contribution in [0.15, 0.2) is 18.2 Å². The van der Waals surface area contributed by atoms with Gasteiger partial charge in [-0.25, -0.2) is 9.18 Å². The van der Waals surface area contributed by atoms with Gasteiger partial charge >= 0.3 is 5.97 Å². The van der Waals surface area contributed by atoms with Crippen molar-refractivity contribution in [1.82, 2.24) is 4.90 Å². The van der Waals surface area contributed by atoms with E-state index >= 15 is 0 Å². The predicted molar refractivity (Wildman–Crippen MR) is 64.6 cm³/mol. The Balaban J connectivity index is 2.26. The number of hydrogen-bond acceptors (Lipinski definition) is 3. The highest BCUT2D eigenvalue weighted by molar-refractivity contribution is 5.97. The van der Waals surface area contributed by atoms with Crippen LogP contribution in [0.25, 0.3) is 0 Å². The second kappa shape index (κ2) is 5.26. The largest absolute Gasteiger partial charge is 0.497 e. The van der Waals surface area contributed by atoms with Gasteiger partial charge < -0.3 is 14.7 Å². The molecule has 0 saturated carbocycles. The Morgan fingerprint density at radius 1 is 1.47 bits per heavy atom. The molecule has 1 amide bonds. The molecule has 1 saturated heterocycles. The Bertz CT molecular complexity index is 517. The number of methoxy groups -OCH3 is 1. The monoisotopic (exact) mass is 267 g/mol. The van der Waals surface area contributed by atoms with E-state index in [2.05, 4.69) is 0 Å². The Morgan fingerprint density at radius 3 is 2.79 bits per heavy atom. The van der Waals surface area contributed by atoms with Crippen molar-refractivity contribution in [1.29, 1.82) is 0 Å². The average molecular weight is 267 g/mol. The number of carboxylic acids is 1. The van der Waals surface area contributed by atoms with Crippen molar-refractivity contribution in [3.63, 3.8) is 0 Å². The average Bonchev–Trinajstić information content (AvgIpc) is 2.87. The summed E-state index contributed by atoms with van der Waals surface area (Å²) in [7, 11) is 1.40. The molecule has 1 aromatic rings. The maximum absolute atomic E-state index is 13.8. The minimum atomic E-state index is -1.06. The molecule has 2 rings (SSSR count). The van der Waals surface area contributed by atoms with Crippen LogP contribution in [0.1, 0.15) is 23.2 Å². The number of carbonyl (C=O) groups is 2. The second-order valence-corrected chi connectivity index (χ2v) is 4.34. The number of aliphatic carboxylic acids is 1. The standard InChI is InChI=1S/C13H14FNO4/c1-19-8-4-5-9(10(14)7-8)12(16)15-6-2-3-11(15)13(17)18/h4-5,7,11H,2-3,6H2,1H3,(H,17,18)/t11-/m1/s1. The first kappa shape index (κ1) is 13.3. The lowest BCUT2D eigenvalue weighted by molar-refractivity contribution is -0.141. The van der Waals surface area contributed by atoms with Crippen molar-refractivity contribution < 1.29 is 23.8 Å². The summed E-state index contributed by atoms with van der Waals surface area (Å²) in [6, 6.07) is 3.03. The third-order valence-corrected chi connectivity index (χ3v) is 3.21. The molecule has 0 aromatic heterocycles. The molecule has 1 fully saturated rings. The fraction of sp³-hybridized carbons (Fsp3) is 0.385. The lowest BCUT2D eigenvalue weighted by Gasteiger charge is -2.21. The maximum atomic E-state index is 13.8. The number of carbonyl (C=O) groups excluding carboxylic acids is 1. The van der Waals surface area contributed by atoms with E-state index in [0.29, 0.717) is 25.1 Å². The van der Waals surface area contributed by atoms with E-state index in [1.807, 2.05) is 0 Å².